The van der Waals surface area contributed by atoms with Crippen molar-refractivity contribution in [1.82, 2.24) is 10.1 Å². The SMILES string of the molecule is CC[C@@H](C(=O)N(C)CC(=O)Nc1ccc(Br)cc1C)c1c(C)noc1C. The third-order valence-electron chi connectivity index (χ3n) is 4.36. The molecule has 1 aromatic carbocycles. The van der Waals surface area contributed by atoms with E-state index in [2.05, 4.69) is 26.4 Å². The van der Waals surface area contributed by atoms with Crippen molar-refractivity contribution >= 4 is 33.4 Å². The predicted octanol–water partition coefficient (Wildman–Crippen LogP) is 3.95. The number of hydrogen-bond donors (Lipinski definition) is 1. The number of likely N-dealkylation sites (N-methyl/N-ethyl adjacent to an activating group) is 1. The summed E-state index contributed by atoms with van der Waals surface area (Å²) in [5.41, 5.74) is 3.21. The maximum absolute atomic E-state index is 12.8. The zero-order chi connectivity index (χ0) is 19.4. The van der Waals surface area contributed by atoms with Crippen LogP contribution in [-0.4, -0.2) is 35.5 Å². The van der Waals surface area contributed by atoms with Gasteiger partial charge < -0.3 is 14.7 Å². The second-order valence-corrected chi connectivity index (χ2v) is 7.32. The molecule has 140 valence electrons. The second kappa shape index (κ2) is 8.49. The van der Waals surface area contributed by atoms with Gasteiger partial charge in [0, 0.05) is 22.8 Å². The molecule has 0 radical (unpaired) electrons. The highest BCUT2D eigenvalue weighted by Crippen LogP contribution is 2.28. The minimum Gasteiger partial charge on any atom is -0.361 e. The summed E-state index contributed by atoms with van der Waals surface area (Å²) in [7, 11) is 1.64. The number of hydrogen-bond acceptors (Lipinski definition) is 4. The molecule has 26 heavy (non-hydrogen) atoms. The Morgan fingerprint density at radius 2 is 2.00 bits per heavy atom. The highest BCUT2D eigenvalue weighted by molar-refractivity contribution is 9.10. The summed E-state index contributed by atoms with van der Waals surface area (Å²) in [6, 6.07) is 5.62. The van der Waals surface area contributed by atoms with Crippen molar-refractivity contribution < 1.29 is 14.1 Å². The Kier molecular flexibility index (Phi) is 6.58. The number of halogens is 1. The molecule has 0 aliphatic heterocycles. The van der Waals surface area contributed by atoms with Crippen molar-refractivity contribution in [2.24, 2.45) is 0 Å². The number of amides is 2. The lowest BCUT2D eigenvalue weighted by molar-refractivity contribution is -0.134. The van der Waals surface area contributed by atoms with Gasteiger partial charge >= 0.3 is 0 Å². The Bertz CT molecular complexity index is 797. The number of aromatic nitrogens is 1. The summed E-state index contributed by atoms with van der Waals surface area (Å²) in [5, 5.41) is 6.78. The third kappa shape index (κ3) is 4.52. The van der Waals surface area contributed by atoms with E-state index in [0.717, 1.165) is 21.3 Å². The van der Waals surface area contributed by atoms with Crippen LogP contribution in [0, 0.1) is 20.8 Å². The highest BCUT2D eigenvalue weighted by atomic mass is 79.9. The number of benzene rings is 1. The van der Waals surface area contributed by atoms with E-state index in [1.807, 2.05) is 39.0 Å². The van der Waals surface area contributed by atoms with Gasteiger partial charge in [-0.25, -0.2) is 0 Å². The summed E-state index contributed by atoms with van der Waals surface area (Å²) in [6.45, 7) is 7.46. The molecule has 2 rings (SSSR count). The first-order chi connectivity index (χ1) is 12.2. The van der Waals surface area contributed by atoms with Gasteiger partial charge in [0.05, 0.1) is 18.2 Å². The first-order valence-electron chi connectivity index (χ1n) is 8.48. The number of aryl methyl sites for hydroxylation is 3. The van der Waals surface area contributed by atoms with Crippen LogP contribution >= 0.6 is 15.9 Å². The fraction of sp³-hybridized carbons (Fsp3) is 0.421. The van der Waals surface area contributed by atoms with Crippen LogP contribution in [0.5, 0.6) is 0 Å². The Morgan fingerprint density at radius 3 is 2.54 bits per heavy atom. The highest BCUT2D eigenvalue weighted by Gasteiger charge is 2.28. The molecular formula is C19H24BrN3O3. The molecule has 0 aliphatic carbocycles. The van der Waals surface area contributed by atoms with Gasteiger partial charge in [-0.05, 0) is 51.0 Å². The summed E-state index contributed by atoms with van der Waals surface area (Å²) in [6.07, 6.45) is 0.611. The largest absolute Gasteiger partial charge is 0.361 e. The van der Waals surface area contributed by atoms with Crippen molar-refractivity contribution in [1.29, 1.82) is 0 Å². The number of nitrogens with zero attached hydrogens (tertiary/aromatic N) is 2. The molecule has 0 unspecified atom stereocenters. The van der Waals surface area contributed by atoms with Crippen LogP contribution in [0.2, 0.25) is 0 Å². The van der Waals surface area contributed by atoms with Gasteiger partial charge in [-0.1, -0.05) is 28.0 Å². The maximum atomic E-state index is 12.8. The lowest BCUT2D eigenvalue weighted by Crippen LogP contribution is -2.38. The summed E-state index contributed by atoms with van der Waals surface area (Å²) < 4.78 is 6.14. The van der Waals surface area contributed by atoms with E-state index in [1.165, 1.54) is 4.90 Å². The first-order valence-corrected chi connectivity index (χ1v) is 9.27. The van der Waals surface area contributed by atoms with Crippen LogP contribution in [-0.2, 0) is 9.59 Å². The maximum Gasteiger partial charge on any atom is 0.243 e. The molecule has 0 saturated heterocycles. The average Bonchev–Trinajstić information content (AvgIpc) is 2.90. The van der Waals surface area contributed by atoms with E-state index in [0.29, 0.717) is 17.9 Å². The third-order valence-corrected chi connectivity index (χ3v) is 4.86. The van der Waals surface area contributed by atoms with E-state index in [1.54, 1.807) is 14.0 Å². The molecule has 1 aromatic heterocycles. The summed E-state index contributed by atoms with van der Waals surface area (Å²) in [4.78, 5) is 26.6. The van der Waals surface area contributed by atoms with Gasteiger partial charge in [-0.2, -0.15) is 0 Å². The zero-order valence-corrected chi connectivity index (χ0v) is 17.3. The number of rotatable bonds is 6. The summed E-state index contributed by atoms with van der Waals surface area (Å²) >= 11 is 3.40. The molecule has 7 heteroatoms. The van der Waals surface area contributed by atoms with Crippen LogP contribution in [0.25, 0.3) is 0 Å². The molecule has 0 bridgehead atoms. The van der Waals surface area contributed by atoms with Crippen molar-refractivity contribution in [2.75, 3.05) is 18.9 Å². The molecule has 0 spiro atoms. The first kappa shape index (κ1) is 20.2. The van der Waals surface area contributed by atoms with Crippen LogP contribution in [0.15, 0.2) is 27.2 Å². The van der Waals surface area contributed by atoms with Crippen molar-refractivity contribution in [3.05, 3.63) is 45.3 Å². The molecule has 1 N–H and O–H groups in total. The molecule has 2 aromatic rings. The van der Waals surface area contributed by atoms with E-state index >= 15 is 0 Å². The number of anilines is 1. The van der Waals surface area contributed by atoms with Gasteiger partial charge in [0.1, 0.15) is 5.76 Å². The molecule has 2 amide bonds. The van der Waals surface area contributed by atoms with Gasteiger partial charge in [0.25, 0.3) is 0 Å². The minimum atomic E-state index is -0.367. The van der Waals surface area contributed by atoms with Crippen LogP contribution in [0.3, 0.4) is 0 Å². The van der Waals surface area contributed by atoms with Gasteiger partial charge in [0.2, 0.25) is 11.8 Å². The minimum absolute atomic E-state index is 0.0196. The Morgan fingerprint density at radius 1 is 1.31 bits per heavy atom. The average molecular weight is 422 g/mol. The topological polar surface area (TPSA) is 75.4 Å². The van der Waals surface area contributed by atoms with E-state index in [4.69, 9.17) is 4.52 Å². The normalized spacial score (nSPS) is 11.9. The second-order valence-electron chi connectivity index (χ2n) is 6.40. The number of carbonyl (C=O) groups excluding carboxylic acids is 2. The fourth-order valence-corrected chi connectivity index (χ4v) is 3.48. The fourth-order valence-electron chi connectivity index (χ4n) is 3.01. The Balaban J connectivity index is 2.06. The number of nitrogens with one attached hydrogen (secondary N) is 1. The molecule has 0 fully saturated rings. The van der Waals surface area contributed by atoms with Crippen molar-refractivity contribution in [3.63, 3.8) is 0 Å². The molecule has 1 atom stereocenters. The van der Waals surface area contributed by atoms with Crippen LogP contribution in [0.4, 0.5) is 5.69 Å². The Labute approximate surface area is 162 Å². The van der Waals surface area contributed by atoms with E-state index in [-0.39, 0.29) is 24.3 Å². The standard InChI is InChI=1S/C19H24BrN3O3/c1-6-15(18-12(3)22-26-13(18)4)19(25)23(5)10-17(24)21-16-8-7-14(20)9-11(16)2/h7-9,15H,6,10H2,1-5H3,(H,21,24)/t15-/m1/s1. The summed E-state index contributed by atoms with van der Waals surface area (Å²) in [5.74, 6) is -0.0797. The predicted molar refractivity (Wildman–Crippen MR) is 104 cm³/mol. The zero-order valence-electron chi connectivity index (χ0n) is 15.7. The van der Waals surface area contributed by atoms with E-state index < -0.39 is 0 Å². The molecule has 0 aliphatic rings. The molecule has 6 nitrogen and oxygen atoms in total. The molecule has 1 heterocycles. The van der Waals surface area contributed by atoms with Gasteiger partial charge in [0.15, 0.2) is 0 Å². The lowest BCUT2D eigenvalue weighted by Gasteiger charge is -2.23. The van der Waals surface area contributed by atoms with Gasteiger partial charge in [-0.15, -0.1) is 0 Å². The quantitative estimate of drug-likeness (QED) is 0.765. The van der Waals surface area contributed by atoms with Crippen LogP contribution < -0.4 is 5.32 Å². The molecule has 0 saturated carbocycles. The van der Waals surface area contributed by atoms with Crippen molar-refractivity contribution in [3.8, 4) is 0 Å². The monoisotopic (exact) mass is 421 g/mol. The Hall–Kier alpha value is -2.15. The van der Waals surface area contributed by atoms with E-state index in [9.17, 15) is 9.59 Å². The lowest BCUT2D eigenvalue weighted by atomic mass is 9.93. The molecular weight excluding hydrogens is 398 g/mol. The van der Waals surface area contributed by atoms with Gasteiger partial charge in [-0.3, -0.25) is 9.59 Å². The smallest absolute Gasteiger partial charge is 0.243 e. The number of carbonyl (C=O) groups is 2. The van der Waals surface area contributed by atoms with Crippen molar-refractivity contribution in [2.45, 2.75) is 40.0 Å². The van der Waals surface area contributed by atoms with Crippen LogP contribution in [0.1, 0.15) is 41.8 Å².